The summed E-state index contributed by atoms with van der Waals surface area (Å²) in [6.45, 7) is 1.99. The molecule has 29 heavy (non-hydrogen) atoms. The highest BCUT2D eigenvalue weighted by atomic mass is 32.2. The van der Waals surface area contributed by atoms with E-state index in [0.29, 0.717) is 30.9 Å². The van der Waals surface area contributed by atoms with E-state index in [9.17, 15) is 26.4 Å². The number of anilines is 1. The zero-order valence-corrected chi connectivity index (χ0v) is 16.5. The van der Waals surface area contributed by atoms with Crippen LogP contribution in [0.1, 0.15) is 31.0 Å². The third-order valence-electron chi connectivity index (χ3n) is 4.76. The molecule has 7 nitrogen and oxygen atoms in total. The van der Waals surface area contributed by atoms with Gasteiger partial charge in [0.15, 0.2) is 0 Å². The highest BCUT2D eigenvalue weighted by molar-refractivity contribution is 7.89. The standard InChI is InChI=1S/C18H21F3N4O3S/c1-2-12-11-16(26)24-17(22-12)23-13-7-9-25(10-8-13)29(27,28)15-6-4-3-5-14(15)18(19,20)21/h3-6,11,13H,2,7-10H2,1H3,(H2,22,23,24,26). The SMILES string of the molecule is CCc1cc(=O)[nH]c(NC2CCN(S(=O)(=O)c3ccccc3C(F)(F)F)CC2)n1. The lowest BCUT2D eigenvalue weighted by Gasteiger charge is -2.32. The van der Waals surface area contributed by atoms with Gasteiger partial charge in [-0.1, -0.05) is 19.1 Å². The molecule has 2 aromatic rings. The Hall–Kier alpha value is -2.40. The molecule has 0 bridgehead atoms. The first-order valence-electron chi connectivity index (χ1n) is 9.14. The number of nitrogens with zero attached hydrogens (tertiary/aromatic N) is 2. The fourth-order valence-corrected chi connectivity index (χ4v) is 4.94. The average molecular weight is 430 g/mol. The number of aryl methyl sites for hydroxylation is 1. The molecule has 158 valence electrons. The zero-order valence-electron chi connectivity index (χ0n) is 15.7. The number of piperidine rings is 1. The van der Waals surface area contributed by atoms with E-state index >= 15 is 0 Å². The number of nitrogens with one attached hydrogen (secondary N) is 2. The molecule has 0 spiro atoms. The van der Waals surface area contributed by atoms with Crippen molar-refractivity contribution >= 4 is 16.0 Å². The first-order chi connectivity index (χ1) is 13.6. The van der Waals surface area contributed by atoms with Crippen LogP contribution in [0.4, 0.5) is 19.1 Å². The van der Waals surface area contributed by atoms with Crippen LogP contribution in [-0.2, 0) is 22.6 Å². The van der Waals surface area contributed by atoms with Crippen LogP contribution < -0.4 is 10.9 Å². The first-order valence-corrected chi connectivity index (χ1v) is 10.6. The molecule has 3 rings (SSSR count). The van der Waals surface area contributed by atoms with E-state index in [4.69, 9.17) is 0 Å². The molecule has 1 saturated heterocycles. The molecule has 0 amide bonds. The smallest absolute Gasteiger partial charge is 0.353 e. The van der Waals surface area contributed by atoms with Gasteiger partial charge in [-0.25, -0.2) is 13.4 Å². The quantitative estimate of drug-likeness (QED) is 0.761. The number of sulfonamides is 1. The van der Waals surface area contributed by atoms with Gasteiger partial charge in [0.05, 0.1) is 10.5 Å². The maximum absolute atomic E-state index is 13.2. The summed E-state index contributed by atoms with van der Waals surface area (Å²) in [6.07, 6.45) is -3.43. The molecule has 1 aromatic heterocycles. The second-order valence-corrected chi connectivity index (χ2v) is 8.66. The molecule has 0 saturated carbocycles. The molecule has 0 atom stereocenters. The fraction of sp³-hybridized carbons (Fsp3) is 0.444. The third-order valence-corrected chi connectivity index (χ3v) is 6.72. The molecule has 0 radical (unpaired) electrons. The van der Waals surface area contributed by atoms with Gasteiger partial charge >= 0.3 is 6.18 Å². The predicted molar refractivity (Wildman–Crippen MR) is 101 cm³/mol. The van der Waals surface area contributed by atoms with E-state index in [1.807, 2.05) is 6.92 Å². The summed E-state index contributed by atoms with van der Waals surface area (Å²) >= 11 is 0. The minimum atomic E-state index is -4.76. The van der Waals surface area contributed by atoms with Crippen LogP contribution in [-0.4, -0.2) is 41.8 Å². The van der Waals surface area contributed by atoms with Crippen molar-refractivity contribution in [3.63, 3.8) is 0 Å². The van der Waals surface area contributed by atoms with Crippen LogP contribution in [0.25, 0.3) is 0 Å². The van der Waals surface area contributed by atoms with E-state index in [1.54, 1.807) is 0 Å². The highest BCUT2D eigenvalue weighted by Gasteiger charge is 2.39. The largest absolute Gasteiger partial charge is 0.417 e. The van der Waals surface area contributed by atoms with Gasteiger partial charge in [0, 0.05) is 30.9 Å². The zero-order chi connectivity index (χ0) is 21.2. The normalized spacial score (nSPS) is 16.7. The number of halogens is 3. The Morgan fingerprint density at radius 1 is 1.24 bits per heavy atom. The first kappa shape index (κ1) is 21.3. The van der Waals surface area contributed by atoms with Crippen molar-refractivity contribution in [3.05, 3.63) is 51.9 Å². The maximum atomic E-state index is 13.2. The Morgan fingerprint density at radius 2 is 1.90 bits per heavy atom. The van der Waals surface area contributed by atoms with Crippen molar-refractivity contribution in [1.29, 1.82) is 0 Å². The molecular weight excluding hydrogens is 409 g/mol. The second-order valence-electron chi connectivity index (χ2n) is 6.76. The van der Waals surface area contributed by atoms with Gasteiger partial charge in [0.2, 0.25) is 16.0 Å². The maximum Gasteiger partial charge on any atom is 0.417 e. The van der Waals surface area contributed by atoms with Crippen LogP contribution in [0.5, 0.6) is 0 Å². The van der Waals surface area contributed by atoms with Crippen molar-refractivity contribution in [2.75, 3.05) is 18.4 Å². The van der Waals surface area contributed by atoms with Gasteiger partial charge in [-0.2, -0.15) is 17.5 Å². The number of hydrogen-bond acceptors (Lipinski definition) is 5. The van der Waals surface area contributed by atoms with Gasteiger partial charge in [0.1, 0.15) is 0 Å². The monoisotopic (exact) mass is 430 g/mol. The minimum absolute atomic E-state index is 0.0594. The lowest BCUT2D eigenvalue weighted by molar-refractivity contribution is -0.139. The number of rotatable bonds is 5. The molecule has 0 aliphatic carbocycles. The number of aromatic nitrogens is 2. The van der Waals surface area contributed by atoms with E-state index in [-0.39, 0.29) is 24.7 Å². The number of H-pyrrole nitrogens is 1. The van der Waals surface area contributed by atoms with E-state index in [2.05, 4.69) is 15.3 Å². The summed E-state index contributed by atoms with van der Waals surface area (Å²) in [4.78, 5) is 17.8. The van der Waals surface area contributed by atoms with Crippen molar-refractivity contribution in [3.8, 4) is 0 Å². The summed E-state index contributed by atoms with van der Waals surface area (Å²) < 4.78 is 66.3. The summed E-state index contributed by atoms with van der Waals surface area (Å²) in [5.41, 5.74) is -0.832. The predicted octanol–water partition coefficient (Wildman–Crippen LogP) is 2.62. The minimum Gasteiger partial charge on any atom is -0.353 e. The molecule has 0 unspecified atom stereocenters. The molecule has 2 N–H and O–H groups in total. The van der Waals surface area contributed by atoms with Crippen LogP contribution in [0.2, 0.25) is 0 Å². The van der Waals surface area contributed by atoms with Crippen molar-refractivity contribution in [2.45, 2.75) is 43.3 Å². The van der Waals surface area contributed by atoms with Gasteiger partial charge in [-0.15, -0.1) is 0 Å². The Balaban J connectivity index is 1.73. The van der Waals surface area contributed by atoms with Crippen LogP contribution in [0.3, 0.4) is 0 Å². The van der Waals surface area contributed by atoms with Crippen LogP contribution in [0.15, 0.2) is 40.0 Å². The number of hydrogen-bond donors (Lipinski definition) is 2. The topological polar surface area (TPSA) is 95.2 Å². The van der Waals surface area contributed by atoms with Gasteiger partial charge < -0.3 is 5.32 Å². The Labute approximate surface area is 166 Å². The van der Waals surface area contributed by atoms with Crippen molar-refractivity contribution in [1.82, 2.24) is 14.3 Å². The summed E-state index contributed by atoms with van der Waals surface area (Å²) in [7, 11) is -4.28. The summed E-state index contributed by atoms with van der Waals surface area (Å²) in [5, 5.41) is 3.08. The van der Waals surface area contributed by atoms with E-state index in [0.717, 1.165) is 22.5 Å². The molecule has 2 heterocycles. The third kappa shape index (κ3) is 4.78. The molecule has 11 heteroatoms. The van der Waals surface area contributed by atoms with Gasteiger partial charge in [-0.05, 0) is 31.4 Å². The number of alkyl halides is 3. The summed E-state index contributed by atoms with van der Waals surface area (Å²) in [5.74, 6) is 0.304. The highest BCUT2D eigenvalue weighted by Crippen LogP contribution is 2.35. The van der Waals surface area contributed by atoms with Crippen LogP contribution >= 0.6 is 0 Å². The van der Waals surface area contributed by atoms with Gasteiger partial charge in [-0.3, -0.25) is 9.78 Å². The van der Waals surface area contributed by atoms with Gasteiger partial charge in [0.25, 0.3) is 5.56 Å². The lowest BCUT2D eigenvalue weighted by Crippen LogP contribution is -2.43. The Bertz CT molecular complexity index is 1030. The molecule has 1 aromatic carbocycles. The molecular formula is C18H21F3N4O3S. The Kier molecular flexibility index (Phi) is 5.99. The molecule has 1 aliphatic rings. The lowest BCUT2D eigenvalue weighted by atomic mass is 10.1. The van der Waals surface area contributed by atoms with Crippen molar-refractivity contribution in [2.24, 2.45) is 0 Å². The second kappa shape index (κ2) is 8.15. The summed E-state index contributed by atoms with van der Waals surface area (Å²) in [6, 6.07) is 5.43. The van der Waals surface area contributed by atoms with E-state index in [1.165, 1.54) is 12.1 Å². The molecule has 1 fully saturated rings. The molecule has 1 aliphatic heterocycles. The average Bonchev–Trinajstić information content (AvgIpc) is 2.67. The number of benzene rings is 1. The number of aromatic amines is 1. The Morgan fingerprint density at radius 3 is 2.52 bits per heavy atom. The van der Waals surface area contributed by atoms with Crippen molar-refractivity contribution < 1.29 is 21.6 Å². The fourth-order valence-electron chi connectivity index (χ4n) is 3.26. The van der Waals surface area contributed by atoms with Crippen LogP contribution in [0, 0.1) is 0 Å². The van der Waals surface area contributed by atoms with E-state index < -0.39 is 26.7 Å².